The van der Waals surface area contributed by atoms with E-state index < -0.39 is 0 Å². The fourth-order valence-electron chi connectivity index (χ4n) is 3.46. The molecule has 2 atom stereocenters. The number of rotatable bonds is 3. The molecule has 1 aliphatic rings. The quantitative estimate of drug-likeness (QED) is 0.728. The van der Waals surface area contributed by atoms with Gasteiger partial charge in [0.15, 0.2) is 0 Å². The van der Waals surface area contributed by atoms with Crippen LogP contribution in [0.2, 0.25) is 0 Å². The fourth-order valence-corrected chi connectivity index (χ4v) is 3.65. The Balaban J connectivity index is 2.02. The van der Waals surface area contributed by atoms with Gasteiger partial charge in [-0.05, 0) is 30.9 Å². The third-order valence-electron chi connectivity index (χ3n) is 4.49. The minimum atomic E-state index is 0.502. The summed E-state index contributed by atoms with van der Waals surface area (Å²) in [5.41, 5.74) is 2.33. The molecule has 2 unspecified atom stereocenters. The van der Waals surface area contributed by atoms with Gasteiger partial charge >= 0.3 is 0 Å². The number of imidazole rings is 1. The minimum Gasteiger partial charge on any atom is -0.324 e. The van der Waals surface area contributed by atoms with Crippen LogP contribution in [0.15, 0.2) is 24.3 Å². The van der Waals surface area contributed by atoms with E-state index in [0.29, 0.717) is 11.9 Å². The SMILES string of the molecule is CCC1CCCC(n2c(CCl)nc3ccccc32)C1. The highest BCUT2D eigenvalue weighted by molar-refractivity contribution is 6.16. The molecule has 0 saturated heterocycles. The maximum atomic E-state index is 6.11. The molecule has 102 valence electrons. The number of aromatic nitrogens is 2. The summed E-state index contributed by atoms with van der Waals surface area (Å²) in [4.78, 5) is 4.69. The second kappa shape index (κ2) is 5.54. The van der Waals surface area contributed by atoms with Gasteiger partial charge in [0.25, 0.3) is 0 Å². The summed E-state index contributed by atoms with van der Waals surface area (Å²) in [6.45, 7) is 2.31. The van der Waals surface area contributed by atoms with Gasteiger partial charge in [-0.2, -0.15) is 0 Å². The molecular formula is C16H21ClN2. The number of fused-ring (bicyclic) bond motifs is 1. The molecule has 3 rings (SSSR count). The van der Waals surface area contributed by atoms with Crippen LogP contribution >= 0.6 is 11.6 Å². The van der Waals surface area contributed by atoms with E-state index in [1.807, 2.05) is 6.07 Å². The highest BCUT2D eigenvalue weighted by atomic mass is 35.5. The van der Waals surface area contributed by atoms with Crippen LogP contribution in [0.1, 0.15) is 50.9 Å². The molecule has 1 fully saturated rings. The maximum Gasteiger partial charge on any atom is 0.125 e. The Hall–Kier alpha value is -1.02. The Morgan fingerprint density at radius 2 is 2.16 bits per heavy atom. The molecule has 0 N–H and O–H groups in total. The molecule has 0 amide bonds. The summed E-state index contributed by atoms with van der Waals surface area (Å²) in [6, 6.07) is 8.99. The van der Waals surface area contributed by atoms with Gasteiger partial charge in [0.05, 0.1) is 16.9 Å². The molecule has 2 aromatic rings. The first kappa shape index (κ1) is 13.0. The number of hydrogen-bond donors (Lipinski definition) is 0. The van der Waals surface area contributed by atoms with E-state index in [2.05, 4.69) is 34.7 Å². The van der Waals surface area contributed by atoms with Crippen molar-refractivity contribution in [2.24, 2.45) is 5.92 Å². The van der Waals surface area contributed by atoms with Crippen molar-refractivity contribution in [1.29, 1.82) is 0 Å². The van der Waals surface area contributed by atoms with Crippen LogP contribution in [0.25, 0.3) is 11.0 Å². The van der Waals surface area contributed by atoms with Crippen molar-refractivity contribution in [3.63, 3.8) is 0 Å². The van der Waals surface area contributed by atoms with Crippen LogP contribution in [0.4, 0.5) is 0 Å². The molecule has 0 bridgehead atoms. The molecule has 1 heterocycles. The highest BCUT2D eigenvalue weighted by Gasteiger charge is 2.25. The van der Waals surface area contributed by atoms with Gasteiger partial charge in [0.2, 0.25) is 0 Å². The molecule has 1 aliphatic carbocycles. The zero-order valence-electron chi connectivity index (χ0n) is 11.5. The summed E-state index contributed by atoms with van der Waals surface area (Å²) in [5, 5.41) is 0. The second-order valence-corrected chi connectivity index (χ2v) is 5.88. The number of nitrogens with zero attached hydrogens (tertiary/aromatic N) is 2. The first-order valence-corrected chi connectivity index (χ1v) is 7.88. The third kappa shape index (κ3) is 2.38. The molecule has 3 heteroatoms. The summed E-state index contributed by atoms with van der Waals surface area (Å²) >= 11 is 6.11. The Labute approximate surface area is 119 Å². The van der Waals surface area contributed by atoms with Gasteiger partial charge in [-0.15, -0.1) is 11.6 Å². The second-order valence-electron chi connectivity index (χ2n) is 5.62. The van der Waals surface area contributed by atoms with Gasteiger partial charge < -0.3 is 4.57 Å². The van der Waals surface area contributed by atoms with Crippen LogP contribution in [-0.2, 0) is 5.88 Å². The standard InChI is InChI=1S/C16H21ClN2/c1-2-12-6-5-7-13(10-12)19-15-9-4-3-8-14(15)18-16(19)11-17/h3-4,8-9,12-13H,2,5-7,10-11H2,1H3. The van der Waals surface area contributed by atoms with Crippen LogP contribution < -0.4 is 0 Å². The number of halogens is 1. The molecule has 0 aliphatic heterocycles. The highest BCUT2D eigenvalue weighted by Crippen LogP contribution is 2.37. The lowest BCUT2D eigenvalue weighted by Gasteiger charge is -2.30. The van der Waals surface area contributed by atoms with Gasteiger partial charge in [-0.25, -0.2) is 4.98 Å². The Bertz CT molecular complexity index is 561. The number of hydrogen-bond acceptors (Lipinski definition) is 1. The Kier molecular flexibility index (Phi) is 3.79. The largest absolute Gasteiger partial charge is 0.324 e. The summed E-state index contributed by atoms with van der Waals surface area (Å²) < 4.78 is 2.41. The molecule has 2 nitrogen and oxygen atoms in total. The zero-order chi connectivity index (χ0) is 13.2. The van der Waals surface area contributed by atoms with E-state index in [1.165, 1.54) is 37.6 Å². The van der Waals surface area contributed by atoms with Gasteiger partial charge in [0.1, 0.15) is 5.82 Å². The van der Waals surface area contributed by atoms with Crippen LogP contribution in [0, 0.1) is 5.92 Å². The van der Waals surface area contributed by atoms with Crippen molar-refractivity contribution in [2.75, 3.05) is 0 Å². The van der Waals surface area contributed by atoms with Gasteiger partial charge in [-0.1, -0.05) is 38.3 Å². The summed E-state index contributed by atoms with van der Waals surface area (Å²) in [6.07, 6.45) is 6.55. The first-order valence-electron chi connectivity index (χ1n) is 7.35. The van der Waals surface area contributed by atoms with Gasteiger partial charge in [0, 0.05) is 6.04 Å². The van der Waals surface area contributed by atoms with Gasteiger partial charge in [-0.3, -0.25) is 0 Å². The van der Waals surface area contributed by atoms with Crippen LogP contribution in [0.5, 0.6) is 0 Å². The smallest absolute Gasteiger partial charge is 0.125 e. The summed E-state index contributed by atoms with van der Waals surface area (Å²) in [5.74, 6) is 2.40. The van der Waals surface area contributed by atoms with Crippen molar-refractivity contribution >= 4 is 22.6 Å². The topological polar surface area (TPSA) is 17.8 Å². The van der Waals surface area contributed by atoms with E-state index in [1.54, 1.807) is 0 Å². The first-order chi connectivity index (χ1) is 9.33. The van der Waals surface area contributed by atoms with E-state index in [9.17, 15) is 0 Å². The lowest BCUT2D eigenvalue weighted by molar-refractivity contribution is 0.262. The zero-order valence-corrected chi connectivity index (χ0v) is 12.2. The van der Waals surface area contributed by atoms with Crippen molar-refractivity contribution in [2.45, 2.75) is 50.9 Å². The van der Waals surface area contributed by atoms with E-state index in [0.717, 1.165) is 17.3 Å². The average Bonchev–Trinajstić information content (AvgIpc) is 2.85. The molecule has 19 heavy (non-hydrogen) atoms. The number of alkyl halides is 1. The minimum absolute atomic E-state index is 0.502. The van der Waals surface area contributed by atoms with Crippen molar-refractivity contribution in [3.8, 4) is 0 Å². The molecular weight excluding hydrogens is 256 g/mol. The van der Waals surface area contributed by atoms with Crippen molar-refractivity contribution in [1.82, 2.24) is 9.55 Å². The number of para-hydroxylation sites is 2. The Morgan fingerprint density at radius 1 is 1.32 bits per heavy atom. The molecule has 1 saturated carbocycles. The van der Waals surface area contributed by atoms with E-state index >= 15 is 0 Å². The van der Waals surface area contributed by atoms with Crippen LogP contribution in [0.3, 0.4) is 0 Å². The predicted molar refractivity (Wildman–Crippen MR) is 80.6 cm³/mol. The van der Waals surface area contributed by atoms with Crippen LogP contribution in [-0.4, -0.2) is 9.55 Å². The number of benzene rings is 1. The van der Waals surface area contributed by atoms with Crippen molar-refractivity contribution < 1.29 is 0 Å². The van der Waals surface area contributed by atoms with Crippen molar-refractivity contribution in [3.05, 3.63) is 30.1 Å². The molecule has 0 radical (unpaired) electrons. The predicted octanol–water partition coefficient (Wildman–Crippen LogP) is 4.92. The third-order valence-corrected chi connectivity index (χ3v) is 4.73. The monoisotopic (exact) mass is 276 g/mol. The fraction of sp³-hybridized carbons (Fsp3) is 0.562. The molecule has 0 spiro atoms. The maximum absolute atomic E-state index is 6.11. The molecule has 1 aromatic carbocycles. The summed E-state index contributed by atoms with van der Waals surface area (Å²) in [7, 11) is 0. The Morgan fingerprint density at radius 3 is 2.95 bits per heavy atom. The lowest BCUT2D eigenvalue weighted by Crippen LogP contribution is -2.20. The normalized spacial score (nSPS) is 23.9. The lowest BCUT2D eigenvalue weighted by atomic mass is 9.84. The van der Waals surface area contributed by atoms with E-state index in [-0.39, 0.29) is 0 Å². The molecule has 1 aromatic heterocycles. The van der Waals surface area contributed by atoms with E-state index in [4.69, 9.17) is 11.6 Å². The average molecular weight is 277 g/mol.